The average molecular weight is 242 g/mol. The fourth-order valence-electron chi connectivity index (χ4n) is 2.19. The zero-order valence-corrected chi connectivity index (χ0v) is 11.6. The largest absolute Gasteiger partial charge is 0.377 e. The Bertz CT molecular complexity index is 168. The summed E-state index contributed by atoms with van der Waals surface area (Å²) in [6, 6.07) is 0. The summed E-state index contributed by atoms with van der Waals surface area (Å²) in [5.74, 6) is 0.846. The highest BCUT2D eigenvalue weighted by Gasteiger charge is 2.12. The van der Waals surface area contributed by atoms with Gasteiger partial charge in [0.25, 0.3) is 0 Å². The molecule has 0 aromatic heterocycles. The predicted octanol–water partition coefficient (Wildman–Crippen LogP) is 2.17. The summed E-state index contributed by atoms with van der Waals surface area (Å²) >= 11 is 0. The third-order valence-electron chi connectivity index (χ3n) is 3.30. The van der Waals surface area contributed by atoms with Gasteiger partial charge in [0.15, 0.2) is 0 Å². The Balaban J connectivity index is 1.78. The molecule has 0 atom stereocenters. The standard InChI is InChI=1S/C14H30N2O/c1-13(2)5-3-4-8-15-11-12-17-14-6-9-16-10-7-14/h13-16H,3-12H2,1-2H3. The van der Waals surface area contributed by atoms with Gasteiger partial charge in [-0.3, -0.25) is 0 Å². The van der Waals surface area contributed by atoms with Crippen LogP contribution in [0.5, 0.6) is 0 Å². The third-order valence-corrected chi connectivity index (χ3v) is 3.30. The molecule has 17 heavy (non-hydrogen) atoms. The fraction of sp³-hybridized carbons (Fsp3) is 1.00. The Hall–Kier alpha value is -0.120. The zero-order chi connectivity index (χ0) is 12.3. The number of hydrogen-bond donors (Lipinski definition) is 2. The van der Waals surface area contributed by atoms with E-state index in [0.29, 0.717) is 6.10 Å². The molecule has 1 aliphatic rings. The molecule has 1 rings (SSSR count). The Kier molecular flexibility index (Phi) is 8.67. The smallest absolute Gasteiger partial charge is 0.0600 e. The summed E-state index contributed by atoms with van der Waals surface area (Å²) in [5.41, 5.74) is 0. The van der Waals surface area contributed by atoms with Crippen LogP contribution in [-0.2, 0) is 4.74 Å². The van der Waals surface area contributed by atoms with Gasteiger partial charge < -0.3 is 15.4 Å². The molecule has 0 unspecified atom stereocenters. The maximum absolute atomic E-state index is 5.83. The maximum atomic E-state index is 5.83. The van der Waals surface area contributed by atoms with Crippen molar-refractivity contribution in [2.45, 2.75) is 52.1 Å². The van der Waals surface area contributed by atoms with Gasteiger partial charge in [-0.2, -0.15) is 0 Å². The lowest BCUT2D eigenvalue weighted by Crippen LogP contribution is -2.34. The van der Waals surface area contributed by atoms with E-state index in [1.807, 2.05) is 0 Å². The number of ether oxygens (including phenoxy) is 1. The van der Waals surface area contributed by atoms with Crippen LogP contribution < -0.4 is 10.6 Å². The van der Waals surface area contributed by atoms with E-state index in [-0.39, 0.29) is 0 Å². The van der Waals surface area contributed by atoms with E-state index in [4.69, 9.17) is 4.74 Å². The number of nitrogens with one attached hydrogen (secondary N) is 2. The van der Waals surface area contributed by atoms with Crippen molar-refractivity contribution in [2.24, 2.45) is 5.92 Å². The summed E-state index contributed by atoms with van der Waals surface area (Å²) in [6.45, 7) is 9.84. The summed E-state index contributed by atoms with van der Waals surface area (Å²) < 4.78 is 5.83. The summed E-state index contributed by atoms with van der Waals surface area (Å²) in [4.78, 5) is 0. The lowest BCUT2D eigenvalue weighted by Gasteiger charge is -2.22. The molecule has 1 aliphatic heterocycles. The van der Waals surface area contributed by atoms with Crippen LogP contribution in [-0.4, -0.2) is 38.9 Å². The van der Waals surface area contributed by atoms with E-state index in [1.165, 1.54) is 32.1 Å². The first kappa shape index (κ1) is 14.9. The molecule has 0 saturated carbocycles. The minimum Gasteiger partial charge on any atom is -0.377 e. The predicted molar refractivity (Wildman–Crippen MR) is 73.4 cm³/mol. The highest BCUT2D eigenvalue weighted by molar-refractivity contribution is 4.68. The first-order chi connectivity index (χ1) is 8.29. The molecule has 1 heterocycles. The van der Waals surface area contributed by atoms with Gasteiger partial charge in [-0.05, 0) is 44.8 Å². The molecule has 3 nitrogen and oxygen atoms in total. The molecule has 2 N–H and O–H groups in total. The van der Waals surface area contributed by atoms with Gasteiger partial charge in [-0.1, -0.05) is 26.7 Å². The molecule has 0 aromatic carbocycles. The Morgan fingerprint density at radius 3 is 2.65 bits per heavy atom. The van der Waals surface area contributed by atoms with Crippen molar-refractivity contribution in [3.05, 3.63) is 0 Å². The van der Waals surface area contributed by atoms with Crippen molar-refractivity contribution < 1.29 is 4.74 Å². The van der Waals surface area contributed by atoms with E-state index in [2.05, 4.69) is 24.5 Å². The lowest BCUT2D eigenvalue weighted by atomic mass is 10.1. The van der Waals surface area contributed by atoms with Crippen LogP contribution in [0, 0.1) is 5.92 Å². The second-order valence-corrected chi connectivity index (χ2v) is 5.46. The molecule has 1 fully saturated rings. The van der Waals surface area contributed by atoms with Crippen LogP contribution in [0.15, 0.2) is 0 Å². The number of hydrogen-bond acceptors (Lipinski definition) is 3. The summed E-state index contributed by atoms with van der Waals surface area (Å²) in [7, 11) is 0. The van der Waals surface area contributed by atoms with Gasteiger partial charge >= 0.3 is 0 Å². The van der Waals surface area contributed by atoms with Crippen LogP contribution in [0.3, 0.4) is 0 Å². The van der Waals surface area contributed by atoms with Gasteiger partial charge in [0, 0.05) is 6.54 Å². The second-order valence-electron chi connectivity index (χ2n) is 5.46. The van der Waals surface area contributed by atoms with Gasteiger partial charge in [0.1, 0.15) is 0 Å². The molecule has 3 heteroatoms. The van der Waals surface area contributed by atoms with Crippen molar-refractivity contribution in [3.63, 3.8) is 0 Å². The van der Waals surface area contributed by atoms with Crippen molar-refractivity contribution >= 4 is 0 Å². The summed E-state index contributed by atoms with van der Waals surface area (Å²) in [5, 5.41) is 6.81. The van der Waals surface area contributed by atoms with Crippen LogP contribution in [0.1, 0.15) is 46.0 Å². The molecule has 0 radical (unpaired) electrons. The molecular weight excluding hydrogens is 212 g/mol. The quantitative estimate of drug-likeness (QED) is 0.608. The molecule has 1 saturated heterocycles. The molecule has 0 spiro atoms. The lowest BCUT2D eigenvalue weighted by molar-refractivity contribution is 0.0349. The van der Waals surface area contributed by atoms with Crippen molar-refractivity contribution in [1.82, 2.24) is 10.6 Å². The minimum atomic E-state index is 0.499. The van der Waals surface area contributed by atoms with Gasteiger partial charge in [0.2, 0.25) is 0 Å². The van der Waals surface area contributed by atoms with Crippen LogP contribution in [0.2, 0.25) is 0 Å². The second kappa shape index (κ2) is 9.86. The molecule has 0 aromatic rings. The highest BCUT2D eigenvalue weighted by Crippen LogP contribution is 2.06. The third kappa shape index (κ3) is 8.58. The zero-order valence-electron chi connectivity index (χ0n) is 11.6. The van der Waals surface area contributed by atoms with Crippen molar-refractivity contribution in [1.29, 1.82) is 0 Å². The number of unbranched alkanes of at least 4 members (excludes halogenated alkanes) is 1. The monoisotopic (exact) mass is 242 g/mol. The molecule has 0 amide bonds. The van der Waals surface area contributed by atoms with E-state index in [0.717, 1.165) is 38.7 Å². The normalized spacial score (nSPS) is 17.8. The minimum absolute atomic E-state index is 0.499. The molecule has 0 bridgehead atoms. The maximum Gasteiger partial charge on any atom is 0.0600 e. The van der Waals surface area contributed by atoms with Crippen LogP contribution in [0.25, 0.3) is 0 Å². The van der Waals surface area contributed by atoms with Crippen LogP contribution >= 0.6 is 0 Å². The Morgan fingerprint density at radius 2 is 1.94 bits per heavy atom. The number of piperidine rings is 1. The number of rotatable bonds is 9. The van der Waals surface area contributed by atoms with Gasteiger partial charge in [0.05, 0.1) is 12.7 Å². The van der Waals surface area contributed by atoms with E-state index >= 15 is 0 Å². The van der Waals surface area contributed by atoms with Gasteiger partial charge in [-0.15, -0.1) is 0 Å². The molecule has 0 aliphatic carbocycles. The first-order valence-corrected chi connectivity index (χ1v) is 7.32. The molecular formula is C14H30N2O. The fourth-order valence-corrected chi connectivity index (χ4v) is 2.19. The SMILES string of the molecule is CC(C)CCCCNCCOC1CCNCC1. The van der Waals surface area contributed by atoms with Crippen LogP contribution in [0.4, 0.5) is 0 Å². The average Bonchev–Trinajstić information content (AvgIpc) is 2.33. The van der Waals surface area contributed by atoms with E-state index in [9.17, 15) is 0 Å². The highest BCUT2D eigenvalue weighted by atomic mass is 16.5. The van der Waals surface area contributed by atoms with E-state index < -0.39 is 0 Å². The van der Waals surface area contributed by atoms with Crippen molar-refractivity contribution in [2.75, 3.05) is 32.8 Å². The van der Waals surface area contributed by atoms with Crippen molar-refractivity contribution in [3.8, 4) is 0 Å². The molecule has 102 valence electrons. The first-order valence-electron chi connectivity index (χ1n) is 7.32. The Morgan fingerprint density at radius 1 is 1.18 bits per heavy atom. The topological polar surface area (TPSA) is 33.3 Å². The summed E-state index contributed by atoms with van der Waals surface area (Å²) in [6.07, 6.45) is 6.85. The van der Waals surface area contributed by atoms with E-state index in [1.54, 1.807) is 0 Å². The van der Waals surface area contributed by atoms with Gasteiger partial charge in [-0.25, -0.2) is 0 Å². The Labute approximate surface area is 107 Å².